The predicted octanol–water partition coefficient (Wildman–Crippen LogP) is 5.91. The summed E-state index contributed by atoms with van der Waals surface area (Å²) < 4.78 is 6.82. The maximum Gasteiger partial charge on any atom is 0.138 e. The molecule has 0 bridgehead atoms. The molecule has 0 radical (unpaired) electrons. The average molecular weight is 416 g/mol. The van der Waals surface area contributed by atoms with Crippen molar-refractivity contribution in [3.8, 4) is 5.75 Å². The van der Waals surface area contributed by atoms with E-state index in [1.165, 1.54) is 9.13 Å². The topological polar surface area (TPSA) is 21.3 Å². The molecule has 4 heteroatoms. The smallest absolute Gasteiger partial charge is 0.138 e. The van der Waals surface area contributed by atoms with Crippen LogP contribution in [0.4, 0.5) is 5.69 Å². The summed E-state index contributed by atoms with van der Waals surface area (Å²) in [4.78, 5) is 0. The van der Waals surface area contributed by atoms with Gasteiger partial charge in [-0.1, -0.05) is 30.7 Å². The molecule has 0 aliphatic heterocycles. The molecule has 112 valence electrons. The Morgan fingerprint density at radius 3 is 2.52 bits per heavy atom. The lowest BCUT2D eigenvalue weighted by atomic mass is 10.1. The summed E-state index contributed by atoms with van der Waals surface area (Å²) in [6.07, 6.45) is 0.972. The van der Waals surface area contributed by atoms with E-state index in [4.69, 9.17) is 16.3 Å². The molecule has 1 atom stereocenters. The van der Waals surface area contributed by atoms with Gasteiger partial charge in [0.2, 0.25) is 0 Å². The molecular formula is C17H19ClINO. The Morgan fingerprint density at radius 2 is 1.90 bits per heavy atom. The van der Waals surface area contributed by atoms with Crippen LogP contribution in [0.15, 0.2) is 42.5 Å². The van der Waals surface area contributed by atoms with Gasteiger partial charge in [-0.2, -0.15) is 0 Å². The van der Waals surface area contributed by atoms with Crippen LogP contribution in [-0.4, -0.2) is 6.61 Å². The Balaban J connectivity index is 2.05. The van der Waals surface area contributed by atoms with Gasteiger partial charge in [-0.25, -0.2) is 0 Å². The zero-order valence-corrected chi connectivity index (χ0v) is 15.1. The summed E-state index contributed by atoms with van der Waals surface area (Å²) in [6, 6.07) is 14.6. The van der Waals surface area contributed by atoms with Crippen LogP contribution in [0, 0.1) is 3.57 Å². The molecule has 0 saturated heterocycles. The van der Waals surface area contributed by atoms with Crippen molar-refractivity contribution in [1.82, 2.24) is 0 Å². The summed E-state index contributed by atoms with van der Waals surface area (Å²) in [5.41, 5.74) is 2.24. The first-order chi connectivity index (χ1) is 10.1. The Labute approximate surface area is 145 Å². The molecule has 0 saturated carbocycles. The summed E-state index contributed by atoms with van der Waals surface area (Å²) in [7, 11) is 0. The molecule has 0 aliphatic carbocycles. The minimum absolute atomic E-state index is 0.223. The lowest BCUT2D eigenvalue weighted by Gasteiger charge is -2.17. The Bertz CT molecular complexity index is 586. The Kier molecular flexibility index (Phi) is 6.18. The first-order valence-corrected chi connectivity index (χ1v) is 8.50. The molecule has 0 fully saturated rings. The van der Waals surface area contributed by atoms with Crippen LogP contribution in [0.25, 0.3) is 0 Å². The van der Waals surface area contributed by atoms with E-state index in [0.717, 1.165) is 17.9 Å². The first-order valence-electron chi connectivity index (χ1n) is 7.04. The summed E-state index contributed by atoms with van der Waals surface area (Å²) in [5.74, 6) is 0.742. The van der Waals surface area contributed by atoms with Crippen molar-refractivity contribution >= 4 is 39.9 Å². The van der Waals surface area contributed by atoms with E-state index < -0.39 is 0 Å². The summed E-state index contributed by atoms with van der Waals surface area (Å²) in [6.45, 7) is 4.90. The molecule has 2 aromatic carbocycles. The van der Waals surface area contributed by atoms with Gasteiger partial charge in [-0.3, -0.25) is 0 Å². The summed E-state index contributed by atoms with van der Waals surface area (Å²) in [5, 5.41) is 4.10. The lowest BCUT2D eigenvalue weighted by molar-refractivity contribution is 0.317. The van der Waals surface area contributed by atoms with Crippen LogP contribution in [-0.2, 0) is 0 Å². The van der Waals surface area contributed by atoms with Crippen molar-refractivity contribution in [2.24, 2.45) is 0 Å². The number of hydrogen-bond donors (Lipinski definition) is 1. The van der Waals surface area contributed by atoms with Crippen LogP contribution in [0.1, 0.15) is 31.9 Å². The third-order valence-electron chi connectivity index (χ3n) is 3.15. The second kappa shape index (κ2) is 7.90. The zero-order chi connectivity index (χ0) is 15.2. The molecule has 2 rings (SSSR count). The minimum atomic E-state index is 0.223. The highest BCUT2D eigenvalue weighted by atomic mass is 127. The average Bonchev–Trinajstić information content (AvgIpc) is 2.47. The number of nitrogens with one attached hydrogen (secondary N) is 1. The number of anilines is 1. The number of benzene rings is 2. The van der Waals surface area contributed by atoms with Gasteiger partial charge in [-0.05, 0) is 71.8 Å². The van der Waals surface area contributed by atoms with Gasteiger partial charge in [0.05, 0.1) is 11.6 Å². The predicted molar refractivity (Wildman–Crippen MR) is 98.4 cm³/mol. The fraction of sp³-hybridized carbons (Fsp3) is 0.294. The maximum absolute atomic E-state index is 6.25. The van der Waals surface area contributed by atoms with Gasteiger partial charge in [0.1, 0.15) is 5.75 Å². The molecule has 2 aromatic rings. The van der Waals surface area contributed by atoms with E-state index in [9.17, 15) is 0 Å². The van der Waals surface area contributed by atoms with E-state index in [-0.39, 0.29) is 6.04 Å². The minimum Gasteiger partial charge on any atom is -0.492 e. The van der Waals surface area contributed by atoms with E-state index in [0.29, 0.717) is 11.6 Å². The first kappa shape index (κ1) is 16.4. The van der Waals surface area contributed by atoms with Crippen molar-refractivity contribution in [3.05, 3.63) is 56.6 Å². The largest absolute Gasteiger partial charge is 0.492 e. The molecule has 1 N–H and O–H groups in total. The van der Waals surface area contributed by atoms with Crippen LogP contribution in [0.3, 0.4) is 0 Å². The molecule has 2 nitrogen and oxygen atoms in total. The Morgan fingerprint density at radius 1 is 1.19 bits per heavy atom. The van der Waals surface area contributed by atoms with Crippen LogP contribution in [0.5, 0.6) is 5.75 Å². The van der Waals surface area contributed by atoms with Gasteiger partial charge in [0.25, 0.3) is 0 Å². The van der Waals surface area contributed by atoms with E-state index in [1.54, 1.807) is 0 Å². The normalized spacial score (nSPS) is 12.0. The second-order valence-electron chi connectivity index (χ2n) is 4.91. The van der Waals surface area contributed by atoms with Gasteiger partial charge < -0.3 is 10.1 Å². The van der Waals surface area contributed by atoms with Gasteiger partial charge in [0, 0.05) is 15.3 Å². The number of halogens is 2. The van der Waals surface area contributed by atoms with Crippen molar-refractivity contribution in [2.75, 3.05) is 11.9 Å². The third kappa shape index (κ3) is 4.78. The highest BCUT2D eigenvalue weighted by Crippen LogP contribution is 2.29. The fourth-order valence-electron chi connectivity index (χ4n) is 2.00. The quantitative estimate of drug-likeness (QED) is 0.593. The molecule has 0 aliphatic rings. The standard InChI is InChI=1S/C17H19ClINO/c1-3-10-21-17-9-8-15(11-16(17)18)20-12(2)13-4-6-14(19)7-5-13/h4-9,11-12,20H,3,10H2,1-2H3. The van der Waals surface area contributed by atoms with Crippen LogP contribution in [0.2, 0.25) is 5.02 Å². The number of rotatable bonds is 6. The molecule has 1 unspecified atom stereocenters. The molecule has 0 aromatic heterocycles. The van der Waals surface area contributed by atoms with Crippen LogP contribution < -0.4 is 10.1 Å². The second-order valence-corrected chi connectivity index (χ2v) is 6.56. The van der Waals surface area contributed by atoms with Gasteiger partial charge in [0.15, 0.2) is 0 Å². The van der Waals surface area contributed by atoms with Gasteiger partial charge in [-0.15, -0.1) is 0 Å². The molecule has 21 heavy (non-hydrogen) atoms. The van der Waals surface area contributed by atoms with Gasteiger partial charge >= 0.3 is 0 Å². The SMILES string of the molecule is CCCOc1ccc(NC(C)c2ccc(I)cc2)cc1Cl. The van der Waals surface area contributed by atoms with Crippen LogP contribution >= 0.6 is 34.2 Å². The van der Waals surface area contributed by atoms with Crippen molar-refractivity contribution in [1.29, 1.82) is 0 Å². The van der Waals surface area contributed by atoms with E-state index in [2.05, 4.69) is 66.0 Å². The Hall–Kier alpha value is -0.940. The number of ether oxygens (including phenoxy) is 1. The summed E-state index contributed by atoms with van der Waals surface area (Å²) >= 11 is 8.56. The monoisotopic (exact) mass is 415 g/mol. The van der Waals surface area contributed by atoms with E-state index >= 15 is 0 Å². The number of hydrogen-bond acceptors (Lipinski definition) is 2. The van der Waals surface area contributed by atoms with Crippen molar-refractivity contribution < 1.29 is 4.74 Å². The van der Waals surface area contributed by atoms with Crippen molar-refractivity contribution in [2.45, 2.75) is 26.3 Å². The zero-order valence-electron chi connectivity index (χ0n) is 12.2. The van der Waals surface area contributed by atoms with Crippen molar-refractivity contribution in [3.63, 3.8) is 0 Å². The fourth-order valence-corrected chi connectivity index (χ4v) is 2.60. The molecule has 0 amide bonds. The third-order valence-corrected chi connectivity index (χ3v) is 4.16. The molecule has 0 heterocycles. The highest BCUT2D eigenvalue weighted by molar-refractivity contribution is 14.1. The molecular weight excluding hydrogens is 397 g/mol. The maximum atomic E-state index is 6.25. The van der Waals surface area contributed by atoms with E-state index in [1.807, 2.05) is 18.2 Å². The lowest BCUT2D eigenvalue weighted by Crippen LogP contribution is -2.06. The molecule has 0 spiro atoms. The highest BCUT2D eigenvalue weighted by Gasteiger charge is 2.07.